The fraction of sp³-hybridized carbons (Fsp3) is 0.357. The molecule has 0 spiro atoms. The van der Waals surface area contributed by atoms with E-state index in [0.717, 1.165) is 41.2 Å². The predicted molar refractivity (Wildman–Crippen MR) is 74.9 cm³/mol. The number of aromatic nitrogens is 1. The van der Waals surface area contributed by atoms with Gasteiger partial charge in [0.15, 0.2) is 11.5 Å². The number of benzene rings is 1. The summed E-state index contributed by atoms with van der Waals surface area (Å²) in [4.78, 5) is 6.53. The largest absolute Gasteiger partial charge is 0.454 e. The smallest absolute Gasteiger partial charge is 0.231 e. The molecule has 0 atom stereocenters. The Morgan fingerprint density at radius 1 is 1.26 bits per heavy atom. The van der Waals surface area contributed by atoms with E-state index in [1.54, 1.807) is 0 Å². The Labute approximate surface area is 112 Å². The van der Waals surface area contributed by atoms with Crippen LogP contribution in [0.1, 0.15) is 0 Å². The van der Waals surface area contributed by atoms with Crippen molar-refractivity contribution in [1.29, 1.82) is 0 Å². The van der Waals surface area contributed by atoms with Crippen molar-refractivity contribution in [3.05, 3.63) is 24.4 Å². The van der Waals surface area contributed by atoms with Gasteiger partial charge in [-0.15, -0.1) is 0 Å². The highest BCUT2D eigenvalue weighted by Gasteiger charge is 2.15. The lowest BCUT2D eigenvalue weighted by Gasteiger charge is -2.12. The first-order valence-corrected chi connectivity index (χ1v) is 6.31. The Hall–Kier alpha value is -2.01. The van der Waals surface area contributed by atoms with Gasteiger partial charge in [0.05, 0.1) is 0 Å². The zero-order valence-electron chi connectivity index (χ0n) is 11.1. The Kier molecular flexibility index (Phi) is 3.13. The van der Waals surface area contributed by atoms with E-state index in [0.29, 0.717) is 6.79 Å². The number of rotatable bonds is 4. The lowest BCUT2D eigenvalue weighted by molar-refractivity contribution is 0.174. The molecule has 5 nitrogen and oxygen atoms in total. The number of nitrogens with zero attached hydrogens (tertiary/aromatic N) is 2. The first-order valence-electron chi connectivity index (χ1n) is 6.31. The zero-order chi connectivity index (χ0) is 13.2. The molecule has 100 valence electrons. The van der Waals surface area contributed by atoms with E-state index in [9.17, 15) is 0 Å². The summed E-state index contributed by atoms with van der Waals surface area (Å²) in [5.74, 6) is 2.48. The molecule has 1 aromatic heterocycles. The quantitative estimate of drug-likeness (QED) is 0.909. The number of ether oxygens (including phenoxy) is 2. The van der Waals surface area contributed by atoms with E-state index < -0.39 is 0 Å². The molecule has 1 aliphatic heterocycles. The van der Waals surface area contributed by atoms with Crippen LogP contribution in [-0.2, 0) is 0 Å². The van der Waals surface area contributed by atoms with E-state index in [-0.39, 0.29) is 0 Å². The van der Waals surface area contributed by atoms with Gasteiger partial charge in [-0.1, -0.05) is 0 Å². The van der Waals surface area contributed by atoms with Crippen LogP contribution in [0.3, 0.4) is 0 Å². The van der Waals surface area contributed by atoms with E-state index in [4.69, 9.17) is 9.47 Å². The summed E-state index contributed by atoms with van der Waals surface area (Å²) in [7, 11) is 4.10. The van der Waals surface area contributed by atoms with Crippen molar-refractivity contribution in [2.24, 2.45) is 0 Å². The molecule has 0 saturated carbocycles. The summed E-state index contributed by atoms with van der Waals surface area (Å²) in [6.45, 7) is 2.11. The molecule has 5 heteroatoms. The van der Waals surface area contributed by atoms with Crippen molar-refractivity contribution in [2.75, 3.05) is 39.3 Å². The lowest BCUT2D eigenvalue weighted by Crippen LogP contribution is -2.21. The van der Waals surface area contributed by atoms with Crippen molar-refractivity contribution >= 4 is 16.6 Å². The molecule has 0 fully saturated rings. The zero-order valence-corrected chi connectivity index (χ0v) is 11.1. The molecule has 2 aromatic rings. The monoisotopic (exact) mass is 259 g/mol. The van der Waals surface area contributed by atoms with Crippen LogP contribution in [0.5, 0.6) is 11.5 Å². The highest BCUT2D eigenvalue weighted by Crippen LogP contribution is 2.37. The van der Waals surface area contributed by atoms with Gasteiger partial charge >= 0.3 is 0 Å². The van der Waals surface area contributed by atoms with Crippen LogP contribution < -0.4 is 14.8 Å². The third-order valence-corrected chi connectivity index (χ3v) is 3.11. The van der Waals surface area contributed by atoms with Gasteiger partial charge in [-0.2, -0.15) is 0 Å². The van der Waals surface area contributed by atoms with Crippen molar-refractivity contribution in [3.63, 3.8) is 0 Å². The standard InChI is InChI=1S/C14H17N3O2/c1-17(2)6-5-16-14-11-8-13-12(18-9-19-13)7-10(11)3-4-15-14/h3-4,7-8H,5-6,9H2,1-2H3,(H,15,16). The highest BCUT2D eigenvalue weighted by molar-refractivity contribution is 5.94. The van der Waals surface area contributed by atoms with Crippen LogP contribution >= 0.6 is 0 Å². The molecule has 0 saturated heterocycles. The van der Waals surface area contributed by atoms with E-state index in [1.807, 2.05) is 24.4 Å². The van der Waals surface area contributed by atoms with Gasteiger partial charge < -0.3 is 19.7 Å². The van der Waals surface area contributed by atoms with Gasteiger partial charge in [0, 0.05) is 24.7 Å². The fourth-order valence-corrected chi connectivity index (χ4v) is 2.10. The van der Waals surface area contributed by atoms with Crippen LogP contribution in [0, 0.1) is 0 Å². The summed E-state index contributed by atoms with van der Waals surface area (Å²) in [5, 5.41) is 5.53. The molecule has 2 heterocycles. The molecule has 0 bridgehead atoms. The molecule has 0 radical (unpaired) electrons. The van der Waals surface area contributed by atoms with Crippen LogP contribution in [0.2, 0.25) is 0 Å². The van der Waals surface area contributed by atoms with E-state index in [2.05, 4.69) is 29.3 Å². The number of likely N-dealkylation sites (N-methyl/N-ethyl adjacent to an activating group) is 1. The fourth-order valence-electron chi connectivity index (χ4n) is 2.10. The topological polar surface area (TPSA) is 46.6 Å². The average molecular weight is 259 g/mol. The predicted octanol–water partition coefficient (Wildman–Crippen LogP) is 1.94. The van der Waals surface area contributed by atoms with Gasteiger partial charge in [0.2, 0.25) is 6.79 Å². The SMILES string of the molecule is CN(C)CCNc1nccc2cc3c(cc12)OCO3. The Morgan fingerprint density at radius 3 is 2.84 bits per heavy atom. The Bertz CT molecular complexity index is 599. The average Bonchev–Trinajstić information content (AvgIpc) is 2.83. The van der Waals surface area contributed by atoms with Crippen molar-refractivity contribution < 1.29 is 9.47 Å². The summed E-state index contributed by atoms with van der Waals surface area (Å²) in [5.41, 5.74) is 0. The maximum absolute atomic E-state index is 5.42. The van der Waals surface area contributed by atoms with Gasteiger partial charge in [-0.25, -0.2) is 4.98 Å². The summed E-state index contributed by atoms with van der Waals surface area (Å²) in [6.07, 6.45) is 1.81. The number of nitrogens with one attached hydrogen (secondary N) is 1. The Morgan fingerprint density at radius 2 is 2.05 bits per heavy atom. The van der Waals surface area contributed by atoms with Gasteiger partial charge in [0.1, 0.15) is 5.82 Å². The van der Waals surface area contributed by atoms with E-state index in [1.165, 1.54) is 0 Å². The van der Waals surface area contributed by atoms with Crippen LogP contribution in [0.25, 0.3) is 10.8 Å². The first-order chi connectivity index (χ1) is 9.24. The minimum atomic E-state index is 0.294. The minimum absolute atomic E-state index is 0.294. The number of pyridine rings is 1. The van der Waals surface area contributed by atoms with Gasteiger partial charge in [0.25, 0.3) is 0 Å². The third kappa shape index (κ3) is 2.42. The summed E-state index contributed by atoms with van der Waals surface area (Å²) in [6, 6.07) is 5.97. The van der Waals surface area contributed by atoms with Crippen LogP contribution in [0.15, 0.2) is 24.4 Å². The van der Waals surface area contributed by atoms with Crippen LogP contribution in [0.4, 0.5) is 5.82 Å². The number of hydrogen-bond donors (Lipinski definition) is 1. The first kappa shape index (κ1) is 12.0. The van der Waals surface area contributed by atoms with Gasteiger partial charge in [-0.05, 0) is 37.7 Å². The molecule has 19 heavy (non-hydrogen) atoms. The second-order valence-corrected chi connectivity index (χ2v) is 4.82. The summed E-state index contributed by atoms with van der Waals surface area (Å²) < 4.78 is 10.8. The lowest BCUT2D eigenvalue weighted by atomic mass is 10.1. The molecule has 1 N–H and O–H groups in total. The summed E-state index contributed by atoms with van der Waals surface area (Å²) >= 11 is 0. The molecule has 0 amide bonds. The third-order valence-electron chi connectivity index (χ3n) is 3.11. The molecule has 3 rings (SSSR count). The molecular formula is C14H17N3O2. The van der Waals surface area contributed by atoms with Crippen LogP contribution in [-0.4, -0.2) is 43.9 Å². The van der Waals surface area contributed by atoms with Crippen molar-refractivity contribution in [2.45, 2.75) is 0 Å². The molecule has 0 aliphatic carbocycles. The number of anilines is 1. The minimum Gasteiger partial charge on any atom is -0.454 e. The maximum Gasteiger partial charge on any atom is 0.231 e. The number of hydrogen-bond acceptors (Lipinski definition) is 5. The van der Waals surface area contributed by atoms with Crippen molar-refractivity contribution in [3.8, 4) is 11.5 Å². The highest BCUT2D eigenvalue weighted by atomic mass is 16.7. The van der Waals surface area contributed by atoms with E-state index >= 15 is 0 Å². The molecule has 1 aromatic carbocycles. The molecular weight excluding hydrogens is 242 g/mol. The Balaban J connectivity index is 1.91. The number of fused-ring (bicyclic) bond motifs is 2. The maximum atomic E-state index is 5.42. The normalized spacial score (nSPS) is 13.2. The second kappa shape index (κ2) is 4.93. The molecule has 1 aliphatic rings. The van der Waals surface area contributed by atoms with Crippen molar-refractivity contribution in [1.82, 2.24) is 9.88 Å². The molecule has 0 unspecified atom stereocenters. The van der Waals surface area contributed by atoms with Gasteiger partial charge in [-0.3, -0.25) is 0 Å². The second-order valence-electron chi connectivity index (χ2n) is 4.82.